The molecule has 1 heterocycles. The van der Waals surface area contributed by atoms with Crippen LogP contribution in [0.25, 0.3) is 0 Å². The molecule has 0 aliphatic carbocycles. The van der Waals surface area contributed by atoms with Gasteiger partial charge in [-0.3, -0.25) is 9.63 Å². The van der Waals surface area contributed by atoms with Crippen molar-refractivity contribution in [3.05, 3.63) is 12.2 Å². The second-order valence-corrected chi connectivity index (χ2v) is 5.34. The number of hydroxylamine groups is 2. The van der Waals surface area contributed by atoms with Crippen LogP contribution in [0.2, 0.25) is 0 Å². The molecule has 0 N–H and O–H groups in total. The van der Waals surface area contributed by atoms with E-state index in [0.717, 1.165) is 45.1 Å². The molecule has 5 heteroatoms. The predicted molar refractivity (Wildman–Crippen MR) is 81.5 cm³/mol. The zero-order valence-electron chi connectivity index (χ0n) is 13.5. The number of carbonyl (C=O) groups is 1. The lowest BCUT2D eigenvalue weighted by Crippen LogP contribution is -2.28. The van der Waals surface area contributed by atoms with E-state index < -0.39 is 0 Å². The van der Waals surface area contributed by atoms with Crippen molar-refractivity contribution < 1.29 is 19.1 Å². The van der Waals surface area contributed by atoms with Crippen molar-refractivity contribution in [1.29, 1.82) is 0 Å². The molecule has 122 valence electrons. The molecule has 1 amide bonds. The van der Waals surface area contributed by atoms with Gasteiger partial charge in [0.25, 0.3) is 5.91 Å². The number of nitrogens with zero attached hydrogens (tertiary/aromatic N) is 1. The number of likely N-dealkylation sites (N-methyl/N-ethyl adjacent to an activating group) is 1. The molecule has 2 atom stereocenters. The molecule has 0 radical (unpaired) electrons. The smallest absolute Gasteiger partial charge is 0.269 e. The van der Waals surface area contributed by atoms with E-state index in [1.165, 1.54) is 18.6 Å². The van der Waals surface area contributed by atoms with Crippen LogP contribution in [0, 0.1) is 0 Å². The fraction of sp³-hybridized carbons (Fsp3) is 0.812. The van der Waals surface area contributed by atoms with Crippen molar-refractivity contribution in [1.82, 2.24) is 5.06 Å². The van der Waals surface area contributed by atoms with Crippen molar-refractivity contribution in [2.75, 3.05) is 20.8 Å². The Kier molecular flexibility index (Phi) is 9.30. The molecule has 1 aliphatic heterocycles. The van der Waals surface area contributed by atoms with Gasteiger partial charge in [0, 0.05) is 19.7 Å². The van der Waals surface area contributed by atoms with Crippen LogP contribution in [0.15, 0.2) is 12.2 Å². The third-order valence-electron chi connectivity index (χ3n) is 3.59. The SMILES string of the molecule is CCCC(CC/C=C\C(=O)N(C)OC)OC1CCCCO1. The van der Waals surface area contributed by atoms with Crippen molar-refractivity contribution >= 4 is 5.91 Å². The van der Waals surface area contributed by atoms with Crippen LogP contribution in [0.3, 0.4) is 0 Å². The van der Waals surface area contributed by atoms with Crippen LogP contribution in [0.4, 0.5) is 0 Å². The van der Waals surface area contributed by atoms with Crippen molar-refractivity contribution in [2.24, 2.45) is 0 Å². The zero-order chi connectivity index (χ0) is 15.5. The van der Waals surface area contributed by atoms with Crippen molar-refractivity contribution in [3.8, 4) is 0 Å². The summed E-state index contributed by atoms with van der Waals surface area (Å²) in [6.07, 6.45) is 10.7. The summed E-state index contributed by atoms with van der Waals surface area (Å²) in [6, 6.07) is 0. The van der Waals surface area contributed by atoms with Gasteiger partial charge in [-0.25, -0.2) is 5.06 Å². The number of rotatable bonds is 9. The fourth-order valence-corrected chi connectivity index (χ4v) is 2.30. The summed E-state index contributed by atoms with van der Waals surface area (Å²) < 4.78 is 11.7. The fourth-order valence-electron chi connectivity index (χ4n) is 2.30. The molecule has 2 unspecified atom stereocenters. The van der Waals surface area contributed by atoms with Gasteiger partial charge in [-0.1, -0.05) is 19.4 Å². The van der Waals surface area contributed by atoms with Gasteiger partial charge < -0.3 is 9.47 Å². The first kappa shape index (κ1) is 18.1. The summed E-state index contributed by atoms with van der Waals surface area (Å²) in [6.45, 7) is 2.96. The number of amides is 1. The van der Waals surface area contributed by atoms with E-state index in [1.807, 2.05) is 6.08 Å². The van der Waals surface area contributed by atoms with Gasteiger partial charge >= 0.3 is 0 Å². The Morgan fingerprint density at radius 3 is 2.86 bits per heavy atom. The normalized spacial score (nSPS) is 20.6. The van der Waals surface area contributed by atoms with E-state index in [4.69, 9.17) is 14.3 Å². The standard InChI is InChI=1S/C16H29NO4/c1-4-9-14(21-16-12-7-8-13-20-16)10-5-6-11-15(18)17(2)19-3/h6,11,14,16H,4-5,7-10,12-13H2,1-3H3/b11-6-. The summed E-state index contributed by atoms with van der Waals surface area (Å²) in [5, 5.41) is 1.20. The van der Waals surface area contributed by atoms with E-state index in [9.17, 15) is 4.79 Å². The summed E-state index contributed by atoms with van der Waals surface area (Å²) in [5.74, 6) is -0.152. The van der Waals surface area contributed by atoms with Gasteiger partial charge in [0.1, 0.15) is 0 Å². The quantitative estimate of drug-likeness (QED) is 0.485. The summed E-state index contributed by atoms with van der Waals surface area (Å²) in [7, 11) is 3.07. The highest BCUT2D eigenvalue weighted by atomic mass is 16.7. The molecule has 0 saturated carbocycles. The maximum atomic E-state index is 11.5. The first-order valence-electron chi connectivity index (χ1n) is 7.92. The molecule has 1 rings (SSSR count). The average Bonchev–Trinajstić information content (AvgIpc) is 2.51. The molecule has 5 nitrogen and oxygen atoms in total. The van der Waals surface area contributed by atoms with E-state index in [1.54, 1.807) is 13.1 Å². The molecular weight excluding hydrogens is 270 g/mol. The summed E-state index contributed by atoms with van der Waals surface area (Å²) in [5.41, 5.74) is 0. The molecule has 0 aromatic carbocycles. The lowest BCUT2D eigenvalue weighted by molar-refractivity contribution is -0.190. The van der Waals surface area contributed by atoms with E-state index in [0.29, 0.717) is 0 Å². The Balaban J connectivity index is 2.29. The second kappa shape index (κ2) is 10.8. The van der Waals surface area contributed by atoms with Gasteiger partial charge in [-0.15, -0.1) is 0 Å². The monoisotopic (exact) mass is 299 g/mol. The molecule has 1 fully saturated rings. The minimum atomic E-state index is -0.152. The molecule has 0 aromatic rings. The van der Waals surface area contributed by atoms with Crippen LogP contribution in [-0.2, 0) is 19.1 Å². The summed E-state index contributed by atoms with van der Waals surface area (Å²) >= 11 is 0. The molecule has 0 aromatic heterocycles. The first-order valence-corrected chi connectivity index (χ1v) is 7.92. The van der Waals surface area contributed by atoms with E-state index in [2.05, 4.69) is 6.92 Å². The average molecular weight is 299 g/mol. The molecule has 1 saturated heterocycles. The van der Waals surface area contributed by atoms with Crippen LogP contribution in [-0.4, -0.2) is 44.1 Å². The second-order valence-electron chi connectivity index (χ2n) is 5.34. The predicted octanol–water partition coefficient (Wildman–Crippen LogP) is 3.05. The highest BCUT2D eigenvalue weighted by molar-refractivity contribution is 5.86. The third kappa shape index (κ3) is 7.60. The van der Waals surface area contributed by atoms with Crippen LogP contribution in [0.5, 0.6) is 0 Å². The molecule has 1 aliphatic rings. The zero-order valence-corrected chi connectivity index (χ0v) is 13.5. The lowest BCUT2D eigenvalue weighted by Gasteiger charge is -2.27. The molecule has 0 bridgehead atoms. The van der Waals surface area contributed by atoms with Gasteiger partial charge in [-0.2, -0.15) is 0 Å². The number of hydrogen-bond donors (Lipinski definition) is 0. The van der Waals surface area contributed by atoms with Crippen LogP contribution < -0.4 is 0 Å². The number of carbonyl (C=O) groups excluding carboxylic acids is 1. The maximum absolute atomic E-state index is 11.5. The first-order chi connectivity index (χ1) is 10.2. The van der Waals surface area contributed by atoms with Gasteiger partial charge in [0.05, 0.1) is 13.2 Å². The number of allylic oxidation sites excluding steroid dienone is 1. The van der Waals surface area contributed by atoms with Crippen molar-refractivity contribution in [2.45, 2.75) is 64.3 Å². The van der Waals surface area contributed by atoms with Gasteiger partial charge in [0.15, 0.2) is 6.29 Å². The van der Waals surface area contributed by atoms with Gasteiger partial charge in [0.2, 0.25) is 0 Å². The Labute approximate surface area is 128 Å². The molecule has 21 heavy (non-hydrogen) atoms. The van der Waals surface area contributed by atoms with Crippen molar-refractivity contribution in [3.63, 3.8) is 0 Å². The third-order valence-corrected chi connectivity index (χ3v) is 3.59. The van der Waals surface area contributed by atoms with Gasteiger partial charge in [-0.05, 0) is 38.5 Å². The number of ether oxygens (including phenoxy) is 2. The molecular formula is C16H29NO4. The van der Waals surface area contributed by atoms with E-state index in [-0.39, 0.29) is 18.3 Å². The Bertz CT molecular complexity index is 313. The topological polar surface area (TPSA) is 48.0 Å². The maximum Gasteiger partial charge on any atom is 0.269 e. The minimum Gasteiger partial charge on any atom is -0.353 e. The Hall–Kier alpha value is -0.910. The highest BCUT2D eigenvalue weighted by Gasteiger charge is 2.18. The minimum absolute atomic E-state index is 0.0412. The van der Waals surface area contributed by atoms with Crippen LogP contribution in [0.1, 0.15) is 51.9 Å². The van der Waals surface area contributed by atoms with E-state index >= 15 is 0 Å². The molecule has 0 spiro atoms. The van der Waals surface area contributed by atoms with Crippen LogP contribution >= 0.6 is 0 Å². The lowest BCUT2D eigenvalue weighted by atomic mass is 10.1. The summed E-state index contributed by atoms with van der Waals surface area (Å²) in [4.78, 5) is 16.3. The Morgan fingerprint density at radius 2 is 2.24 bits per heavy atom. The largest absolute Gasteiger partial charge is 0.353 e. The Morgan fingerprint density at radius 1 is 1.43 bits per heavy atom. The highest BCUT2D eigenvalue weighted by Crippen LogP contribution is 2.19. The number of hydrogen-bond acceptors (Lipinski definition) is 4.